The van der Waals surface area contributed by atoms with Gasteiger partial charge in [-0.05, 0) is 62.5 Å². The molecule has 218 valence electrons. The third-order valence-corrected chi connectivity index (χ3v) is 8.89. The van der Waals surface area contributed by atoms with Crippen LogP contribution >= 0.6 is 11.8 Å². The second kappa shape index (κ2) is 13.9. The van der Waals surface area contributed by atoms with E-state index in [4.69, 9.17) is 9.72 Å². The highest BCUT2D eigenvalue weighted by atomic mass is 32.2. The third-order valence-electron chi connectivity index (χ3n) is 6.72. The minimum Gasteiger partial charge on any atom is -0.457 e. The number of nitrogens with one attached hydrogen (secondary N) is 3. The number of anilines is 2. The molecule has 2 aromatic rings. The van der Waals surface area contributed by atoms with Gasteiger partial charge in [0.2, 0.25) is 11.8 Å². The summed E-state index contributed by atoms with van der Waals surface area (Å²) in [4.78, 5) is 10.3. The molecule has 0 amide bonds. The van der Waals surface area contributed by atoms with Crippen LogP contribution in [0.2, 0.25) is 0 Å². The number of piperidine rings is 1. The summed E-state index contributed by atoms with van der Waals surface area (Å²) in [6.45, 7) is 11.4. The topological polar surface area (TPSA) is 88.2 Å². The average molecular weight is 596 g/mol. The van der Waals surface area contributed by atoms with Gasteiger partial charge in [-0.15, -0.1) is 0 Å². The maximum atomic E-state index is 15.3. The van der Waals surface area contributed by atoms with Crippen LogP contribution in [0.15, 0.2) is 35.6 Å². The van der Waals surface area contributed by atoms with Crippen molar-refractivity contribution in [2.75, 3.05) is 28.9 Å². The molecule has 3 N–H and O–H groups in total. The van der Waals surface area contributed by atoms with E-state index in [1.165, 1.54) is 11.8 Å². The molecule has 3 atom stereocenters. The molecule has 1 aromatic heterocycles. The Morgan fingerprint density at radius 3 is 2.73 bits per heavy atom. The van der Waals surface area contributed by atoms with Crippen LogP contribution in [0.3, 0.4) is 0 Å². The van der Waals surface area contributed by atoms with E-state index in [0.717, 1.165) is 49.7 Å². The highest BCUT2D eigenvalue weighted by Crippen LogP contribution is 2.40. The fraction of sp³-hybridized carbons (Fsp3) is 0.500. The van der Waals surface area contributed by atoms with Gasteiger partial charge in [-0.25, -0.2) is 23.0 Å². The molecule has 1 saturated carbocycles. The maximum Gasteiger partial charge on any atom is 0.223 e. The van der Waals surface area contributed by atoms with E-state index in [0.29, 0.717) is 28.7 Å². The van der Waals surface area contributed by atoms with Crippen LogP contribution in [0, 0.1) is 29.3 Å². The van der Waals surface area contributed by atoms with Crippen molar-refractivity contribution in [2.45, 2.75) is 58.9 Å². The van der Waals surface area contributed by atoms with Crippen molar-refractivity contribution in [3.8, 4) is 5.75 Å². The van der Waals surface area contributed by atoms with Gasteiger partial charge in [-0.2, -0.15) is 4.39 Å². The molecule has 1 aromatic carbocycles. The molecule has 7 nitrogen and oxygen atoms in total. The van der Waals surface area contributed by atoms with Gasteiger partial charge in [0.15, 0.2) is 17.4 Å². The van der Waals surface area contributed by atoms with Crippen LogP contribution in [-0.2, 0) is 11.0 Å². The first-order valence-corrected chi connectivity index (χ1v) is 15.7. The normalized spacial score (nSPS) is 19.4. The number of rotatable bonds is 13. The molecule has 2 fully saturated rings. The number of hydrogen-bond acceptors (Lipinski definition) is 7. The number of aromatic nitrogens is 2. The van der Waals surface area contributed by atoms with E-state index in [9.17, 15) is 8.60 Å². The number of allylic oxidation sites excluding steroid dienone is 2. The Hall–Kier alpha value is -2.57. The Morgan fingerprint density at radius 2 is 2.08 bits per heavy atom. The van der Waals surface area contributed by atoms with Gasteiger partial charge >= 0.3 is 0 Å². The fourth-order valence-electron chi connectivity index (χ4n) is 4.19. The summed E-state index contributed by atoms with van der Waals surface area (Å²) >= 11 is 1.28. The standard InChI is InChI=1S/C28H36F3N5O2S2/c1-5-17(4)26(38-22-13-20(29)25(24(31)23(22)30)36-40(37)15-18-8-9-18)27(39-16(2)3)21-10-12-33-28(35-21)34-19-7-6-11-32-14-19/h10,12-13,17-19,32,36H,2,5-9,11,14-15H2,1,3-4H3,(H,33,34,35)/b27-26+. The zero-order chi connectivity index (χ0) is 28.8. The van der Waals surface area contributed by atoms with Gasteiger partial charge in [0, 0.05) is 36.5 Å². The van der Waals surface area contributed by atoms with Crippen molar-refractivity contribution in [2.24, 2.45) is 11.8 Å². The van der Waals surface area contributed by atoms with Gasteiger partial charge in [0.1, 0.15) is 22.4 Å². The van der Waals surface area contributed by atoms with Gasteiger partial charge in [-0.1, -0.05) is 32.2 Å². The smallest absolute Gasteiger partial charge is 0.223 e. The fourth-order valence-corrected chi connectivity index (χ4v) is 6.35. The average Bonchev–Trinajstić information content (AvgIpc) is 3.75. The Bertz CT molecular complexity index is 1280. The minimum atomic E-state index is -1.72. The second-order valence-electron chi connectivity index (χ2n) is 10.3. The van der Waals surface area contributed by atoms with Crippen LogP contribution in [0.5, 0.6) is 5.75 Å². The number of halogens is 3. The summed E-state index contributed by atoms with van der Waals surface area (Å²) in [5.74, 6) is -3.55. The van der Waals surface area contributed by atoms with Crippen molar-refractivity contribution in [1.29, 1.82) is 0 Å². The van der Waals surface area contributed by atoms with E-state index in [1.807, 2.05) is 20.8 Å². The number of nitrogens with zero attached hydrogens (tertiary/aromatic N) is 2. The van der Waals surface area contributed by atoms with Gasteiger partial charge in [0.25, 0.3) is 0 Å². The molecule has 1 saturated heterocycles. The molecule has 2 aliphatic rings. The summed E-state index contributed by atoms with van der Waals surface area (Å²) in [6.07, 6.45) is 6.11. The number of benzene rings is 1. The molecule has 0 bridgehead atoms. The van der Waals surface area contributed by atoms with Crippen LogP contribution in [0.25, 0.3) is 4.91 Å². The van der Waals surface area contributed by atoms with Crippen molar-refractivity contribution in [3.05, 3.63) is 58.7 Å². The third kappa shape index (κ3) is 8.01. The zero-order valence-electron chi connectivity index (χ0n) is 23.0. The van der Waals surface area contributed by atoms with Crippen molar-refractivity contribution in [3.63, 3.8) is 0 Å². The van der Waals surface area contributed by atoms with E-state index in [1.54, 1.807) is 12.3 Å². The Kier molecular flexibility index (Phi) is 10.5. The van der Waals surface area contributed by atoms with Gasteiger partial charge in [0.05, 0.1) is 10.6 Å². The van der Waals surface area contributed by atoms with Crippen molar-refractivity contribution >= 4 is 39.3 Å². The monoisotopic (exact) mass is 595 g/mol. The van der Waals surface area contributed by atoms with E-state index in [2.05, 4.69) is 26.9 Å². The molecule has 1 aliphatic carbocycles. The number of thioether (sulfide) groups is 1. The largest absolute Gasteiger partial charge is 0.457 e. The Labute approximate surface area is 240 Å². The van der Waals surface area contributed by atoms with Crippen LogP contribution < -0.4 is 20.1 Å². The summed E-state index contributed by atoms with van der Waals surface area (Å²) in [6, 6.07) is 2.67. The lowest BCUT2D eigenvalue weighted by molar-refractivity contribution is 0.330. The Morgan fingerprint density at radius 1 is 1.30 bits per heavy atom. The van der Waals surface area contributed by atoms with Crippen molar-refractivity contribution < 1.29 is 22.1 Å². The first-order valence-electron chi connectivity index (χ1n) is 13.5. The number of ether oxygens (including phenoxy) is 1. The van der Waals surface area contributed by atoms with Crippen LogP contribution in [-0.4, -0.2) is 39.1 Å². The molecule has 40 heavy (non-hydrogen) atoms. The SMILES string of the molecule is C=C(C)S/C(=C(/Oc1cc(F)c(NS(=O)CC2CC2)c(F)c1F)C(C)CC)c1ccnc(NC2CCCNC2)n1. The predicted molar refractivity (Wildman–Crippen MR) is 157 cm³/mol. The van der Waals surface area contributed by atoms with Crippen LogP contribution in [0.1, 0.15) is 58.6 Å². The van der Waals surface area contributed by atoms with E-state index < -0.39 is 39.9 Å². The first kappa shape index (κ1) is 30.4. The van der Waals surface area contributed by atoms with Crippen molar-refractivity contribution in [1.82, 2.24) is 15.3 Å². The molecule has 0 spiro atoms. The molecular weight excluding hydrogens is 559 g/mol. The minimum absolute atomic E-state index is 0.182. The van der Waals surface area contributed by atoms with E-state index >= 15 is 8.78 Å². The van der Waals surface area contributed by atoms with Gasteiger partial charge in [-0.3, -0.25) is 4.72 Å². The Balaban J connectivity index is 1.69. The molecular formula is C28H36F3N5O2S2. The summed E-state index contributed by atoms with van der Waals surface area (Å²) < 4.78 is 65.8. The molecule has 3 unspecified atom stereocenters. The summed E-state index contributed by atoms with van der Waals surface area (Å²) in [7, 11) is -1.72. The number of hydrogen-bond donors (Lipinski definition) is 3. The molecule has 12 heteroatoms. The van der Waals surface area contributed by atoms with Crippen LogP contribution in [0.4, 0.5) is 24.8 Å². The zero-order valence-corrected chi connectivity index (χ0v) is 24.6. The first-order chi connectivity index (χ1) is 19.2. The molecule has 0 radical (unpaired) electrons. The quantitative estimate of drug-likeness (QED) is 0.178. The maximum absolute atomic E-state index is 15.3. The summed E-state index contributed by atoms with van der Waals surface area (Å²) in [5.41, 5.74) is -0.252. The lowest BCUT2D eigenvalue weighted by Gasteiger charge is -2.24. The second-order valence-corrected chi connectivity index (χ2v) is 12.8. The highest BCUT2D eigenvalue weighted by Gasteiger charge is 2.28. The van der Waals surface area contributed by atoms with E-state index in [-0.39, 0.29) is 23.6 Å². The highest BCUT2D eigenvalue weighted by molar-refractivity contribution is 8.11. The lowest BCUT2D eigenvalue weighted by Crippen LogP contribution is -2.38. The van der Waals surface area contributed by atoms with Gasteiger partial charge < -0.3 is 15.4 Å². The summed E-state index contributed by atoms with van der Waals surface area (Å²) in [5, 5.41) is 6.70. The molecule has 1 aliphatic heterocycles. The predicted octanol–water partition coefficient (Wildman–Crippen LogP) is 6.60. The lowest BCUT2D eigenvalue weighted by atomic mass is 10.1. The molecule has 4 rings (SSSR count). The molecule has 2 heterocycles.